The summed E-state index contributed by atoms with van der Waals surface area (Å²) in [6.07, 6.45) is -2.79. The standard InChI is InChI=1S/C26H30F3NO3/c1-5-30(24(31)18-8-9-18)15-21-11-16(3)7-10-23(21)20-12-19(17(4)25(32)33-6-2)13-22(14-20)26(27,28)29/h7,10-14,17-18H,5-6,8-9,15H2,1-4H3. The zero-order valence-corrected chi connectivity index (χ0v) is 19.5. The third-order valence-corrected chi connectivity index (χ3v) is 5.98. The van der Waals surface area contributed by atoms with E-state index in [1.807, 2.05) is 26.0 Å². The third-order valence-electron chi connectivity index (χ3n) is 5.98. The molecule has 0 radical (unpaired) electrons. The molecular weight excluding hydrogens is 431 g/mol. The van der Waals surface area contributed by atoms with Gasteiger partial charge in [0.25, 0.3) is 0 Å². The highest BCUT2D eigenvalue weighted by molar-refractivity contribution is 5.82. The average Bonchev–Trinajstić information content (AvgIpc) is 3.61. The van der Waals surface area contributed by atoms with Crippen LogP contribution in [-0.4, -0.2) is 29.9 Å². The average molecular weight is 462 g/mol. The molecule has 0 saturated heterocycles. The molecule has 2 aromatic carbocycles. The van der Waals surface area contributed by atoms with Crippen molar-refractivity contribution in [1.29, 1.82) is 0 Å². The van der Waals surface area contributed by atoms with Crippen molar-refractivity contribution in [2.75, 3.05) is 13.2 Å². The molecule has 0 bridgehead atoms. The minimum atomic E-state index is -4.57. The van der Waals surface area contributed by atoms with E-state index in [2.05, 4.69) is 0 Å². The number of amides is 1. The number of halogens is 3. The Morgan fingerprint density at radius 3 is 2.39 bits per heavy atom. The molecule has 0 aromatic heterocycles. The van der Waals surface area contributed by atoms with E-state index in [1.165, 1.54) is 0 Å². The van der Waals surface area contributed by atoms with Crippen molar-refractivity contribution >= 4 is 11.9 Å². The first-order chi connectivity index (χ1) is 15.5. The second kappa shape index (κ2) is 9.98. The number of esters is 1. The van der Waals surface area contributed by atoms with Gasteiger partial charge >= 0.3 is 12.1 Å². The van der Waals surface area contributed by atoms with Crippen LogP contribution in [0.15, 0.2) is 36.4 Å². The number of carbonyl (C=O) groups excluding carboxylic acids is 2. The zero-order valence-electron chi connectivity index (χ0n) is 19.5. The lowest BCUT2D eigenvalue weighted by molar-refractivity contribution is -0.145. The molecule has 0 heterocycles. The SMILES string of the molecule is CCOC(=O)C(C)c1cc(-c2ccc(C)cc2CN(CC)C(=O)C2CC2)cc(C(F)(F)F)c1. The van der Waals surface area contributed by atoms with Gasteiger partial charge in [-0.25, -0.2) is 0 Å². The van der Waals surface area contributed by atoms with Crippen molar-refractivity contribution in [2.45, 2.75) is 59.2 Å². The fourth-order valence-corrected chi connectivity index (χ4v) is 3.90. The van der Waals surface area contributed by atoms with Crippen LogP contribution in [0.5, 0.6) is 0 Å². The number of rotatable bonds is 8. The van der Waals surface area contributed by atoms with Gasteiger partial charge in [0.15, 0.2) is 0 Å². The molecule has 7 heteroatoms. The smallest absolute Gasteiger partial charge is 0.416 e. The number of hydrogen-bond acceptors (Lipinski definition) is 3. The van der Waals surface area contributed by atoms with Crippen LogP contribution in [0.1, 0.15) is 61.8 Å². The maximum Gasteiger partial charge on any atom is 0.416 e. The Hall–Kier alpha value is -2.83. The monoisotopic (exact) mass is 461 g/mol. The number of carbonyl (C=O) groups is 2. The molecule has 1 atom stereocenters. The molecule has 0 spiro atoms. The Kier molecular flexibility index (Phi) is 7.50. The summed E-state index contributed by atoms with van der Waals surface area (Å²) in [4.78, 5) is 26.7. The van der Waals surface area contributed by atoms with Crippen LogP contribution in [0, 0.1) is 12.8 Å². The Balaban J connectivity index is 2.08. The lowest BCUT2D eigenvalue weighted by Crippen LogP contribution is -2.31. The molecular formula is C26H30F3NO3. The van der Waals surface area contributed by atoms with E-state index in [4.69, 9.17) is 4.74 Å². The van der Waals surface area contributed by atoms with E-state index in [9.17, 15) is 22.8 Å². The van der Waals surface area contributed by atoms with Gasteiger partial charge in [-0.2, -0.15) is 13.2 Å². The van der Waals surface area contributed by atoms with Gasteiger partial charge in [-0.05, 0) is 74.9 Å². The molecule has 0 aliphatic heterocycles. The number of hydrogen-bond donors (Lipinski definition) is 0. The van der Waals surface area contributed by atoms with E-state index in [0.29, 0.717) is 24.2 Å². The number of nitrogens with zero attached hydrogens (tertiary/aromatic N) is 1. The van der Waals surface area contributed by atoms with Gasteiger partial charge in [0, 0.05) is 19.0 Å². The van der Waals surface area contributed by atoms with E-state index in [1.54, 1.807) is 30.9 Å². The summed E-state index contributed by atoms with van der Waals surface area (Å²) in [7, 11) is 0. The Morgan fingerprint density at radius 2 is 1.82 bits per heavy atom. The molecule has 3 rings (SSSR count). The maximum absolute atomic E-state index is 13.7. The molecule has 1 aliphatic carbocycles. The zero-order chi connectivity index (χ0) is 24.3. The molecule has 2 aromatic rings. The van der Waals surface area contributed by atoms with Gasteiger partial charge in [0.2, 0.25) is 5.91 Å². The van der Waals surface area contributed by atoms with E-state index in [-0.39, 0.29) is 24.0 Å². The summed E-state index contributed by atoms with van der Waals surface area (Å²) in [5, 5.41) is 0. The van der Waals surface area contributed by atoms with Crippen molar-refractivity contribution in [3.8, 4) is 11.1 Å². The maximum atomic E-state index is 13.7. The lowest BCUT2D eigenvalue weighted by atomic mass is 9.90. The molecule has 178 valence electrons. The van der Waals surface area contributed by atoms with Crippen LogP contribution in [0.3, 0.4) is 0 Å². The van der Waals surface area contributed by atoms with Crippen LogP contribution in [0.4, 0.5) is 13.2 Å². The quantitative estimate of drug-likeness (QED) is 0.446. The predicted octanol–water partition coefficient (Wildman–Crippen LogP) is 6.11. The summed E-state index contributed by atoms with van der Waals surface area (Å²) in [6.45, 7) is 8.01. The Morgan fingerprint density at radius 1 is 1.12 bits per heavy atom. The second-order valence-electron chi connectivity index (χ2n) is 8.60. The predicted molar refractivity (Wildman–Crippen MR) is 120 cm³/mol. The summed E-state index contributed by atoms with van der Waals surface area (Å²) < 4.78 is 46.2. The van der Waals surface area contributed by atoms with Crippen molar-refractivity contribution < 1.29 is 27.5 Å². The topological polar surface area (TPSA) is 46.6 Å². The molecule has 1 amide bonds. The highest BCUT2D eigenvalue weighted by atomic mass is 19.4. The normalized spacial score (nSPS) is 14.6. The molecule has 1 unspecified atom stereocenters. The highest BCUT2D eigenvalue weighted by Crippen LogP contribution is 2.37. The number of benzene rings is 2. The van der Waals surface area contributed by atoms with Crippen molar-refractivity contribution in [3.63, 3.8) is 0 Å². The Bertz CT molecular complexity index is 1030. The van der Waals surface area contributed by atoms with Crippen LogP contribution >= 0.6 is 0 Å². The summed E-state index contributed by atoms with van der Waals surface area (Å²) in [5.74, 6) is -1.27. The van der Waals surface area contributed by atoms with Gasteiger partial charge in [0.1, 0.15) is 0 Å². The first-order valence-corrected chi connectivity index (χ1v) is 11.3. The van der Waals surface area contributed by atoms with Gasteiger partial charge in [-0.3, -0.25) is 9.59 Å². The summed E-state index contributed by atoms with van der Waals surface area (Å²) >= 11 is 0. The number of aryl methyl sites for hydroxylation is 1. The van der Waals surface area contributed by atoms with Crippen LogP contribution in [0.2, 0.25) is 0 Å². The van der Waals surface area contributed by atoms with Crippen LogP contribution in [-0.2, 0) is 27.0 Å². The minimum Gasteiger partial charge on any atom is -0.466 e. The second-order valence-corrected chi connectivity index (χ2v) is 8.60. The first-order valence-electron chi connectivity index (χ1n) is 11.3. The molecule has 1 fully saturated rings. The van der Waals surface area contributed by atoms with E-state index < -0.39 is 23.6 Å². The van der Waals surface area contributed by atoms with Crippen LogP contribution < -0.4 is 0 Å². The van der Waals surface area contributed by atoms with Crippen LogP contribution in [0.25, 0.3) is 11.1 Å². The molecule has 0 N–H and O–H groups in total. The molecule has 1 aliphatic rings. The van der Waals surface area contributed by atoms with Crippen molar-refractivity contribution in [2.24, 2.45) is 5.92 Å². The molecule has 1 saturated carbocycles. The fourth-order valence-electron chi connectivity index (χ4n) is 3.90. The lowest BCUT2D eigenvalue weighted by Gasteiger charge is -2.24. The van der Waals surface area contributed by atoms with E-state index in [0.717, 1.165) is 36.1 Å². The molecule has 33 heavy (non-hydrogen) atoms. The van der Waals surface area contributed by atoms with E-state index >= 15 is 0 Å². The van der Waals surface area contributed by atoms with Gasteiger partial charge in [-0.15, -0.1) is 0 Å². The minimum absolute atomic E-state index is 0.0591. The Labute approximate surface area is 192 Å². The number of alkyl halides is 3. The van der Waals surface area contributed by atoms with Crippen molar-refractivity contribution in [1.82, 2.24) is 4.90 Å². The van der Waals surface area contributed by atoms with Gasteiger partial charge in [-0.1, -0.05) is 29.8 Å². The number of ether oxygens (including phenoxy) is 1. The fraction of sp³-hybridized carbons (Fsp3) is 0.462. The summed E-state index contributed by atoms with van der Waals surface area (Å²) in [6, 6.07) is 9.26. The van der Waals surface area contributed by atoms with Gasteiger partial charge < -0.3 is 9.64 Å². The summed E-state index contributed by atoms with van der Waals surface area (Å²) in [5.41, 5.74) is 2.13. The first kappa shape index (κ1) is 24.8. The largest absolute Gasteiger partial charge is 0.466 e. The third kappa shape index (κ3) is 5.95. The molecule has 4 nitrogen and oxygen atoms in total. The highest BCUT2D eigenvalue weighted by Gasteiger charge is 2.34. The van der Waals surface area contributed by atoms with Gasteiger partial charge in [0.05, 0.1) is 18.1 Å². The van der Waals surface area contributed by atoms with Crippen molar-refractivity contribution in [3.05, 3.63) is 58.7 Å².